The molecule has 1 N–H and O–H groups in total. The lowest BCUT2D eigenvalue weighted by Gasteiger charge is -2.17. The number of hydrogen-bond donors (Lipinski definition) is 1. The van der Waals surface area contributed by atoms with E-state index in [1.807, 2.05) is 18.0 Å². The average Bonchev–Trinajstić information content (AvgIpc) is 2.39. The summed E-state index contributed by atoms with van der Waals surface area (Å²) in [4.78, 5) is 10.1. The van der Waals surface area contributed by atoms with Gasteiger partial charge in [-0.2, -0.15) is 0 Å². The van der Waals surface area contributed by atoms with Gasteiger partial charge in [0.2, 0.25) is 5.95 Å². The fourth-order valence-corrected chi connectivity index (χ4v) is 1.78. The molecule has 0 saturated heterocycles. The van der Waals surface area contributed by atoms with Gasteiger partial charge in [0.25, 0.3) is 0 Å². The van der Waals surface area contributed by atoms with Crippen LogP contribution in [0.25, 0.3) is 0 Å². The van der Waals surface area contributed by atoms with Gasteiger partial charge in [0, 0.05) is 13.6 Å². The molecular weight excluding hydrogens is 266 g/mol. The topological polar surface area (TPSA) is 58.5 Å². The van der Waals surface area contributed by atoms with Crippen LogP contribution in [-0.2, 0) is 6.54 Å². The van der Waals surface area contributed by atoms with E-state index in [9.17, 15) is 5.11 Å². The van der Waals surface area contributed by atoms with Gasteiger partial charge in [0.15, 0.2) is 11.5 Å². The standard InChI is InChI=1S/C13H14ClN3O2/c1-17(13-15-6-10(14)7-16-13)8-9-3-4-12(19-2)11(18)5-9/h3-7,18H,8H2,1-2H3. The van der Waals surface area contributed by atoms with Crippen LogP contribution in [0.3, 0.4) is 0 Å². The van der Waals surface area contributed by atoms with Crippen molar-refractivity contribution in [1.29, 1.82) is 0 Å². The third kappa shape index (κ3) is 3.26. The Labute approximate surface area is 116 Å². The van der Waals surface area contributed by atoms with Crippen LogP contribution in [0.1, 0.15) is 5.56 Å². The normalized spacial score (nSPS) is 10.3. The van der Waals surface area contributed by atoms with Crippen molar-refractivity contribution < 1.29 is 9.84 Å². The highest BCUT2D eigenvalue weighted by Crippen LogP contribution is 2.26. The summed E-state index contributed by atoms with van der Waals surface area (Å²) >= 11 is 5.74. The molecule has 0 unspecified atom stereocenters. The molecule has 6 heteroatoms. The lowest BCUT2D eigenvalue weighted by molar-refractivity contribution is 0.373. The molecular formula is C13H14ClN3O2. The van der Waals surface area contributed by atoms with Crippen molar-refractivity contribution in [2.45, 2.75) is 6.54 Å². The van der Waals surface area contributed by atoms with Crippen molar-refractivity contribution in [2.75, 3.05) is 19.1 Å². The zero-order valence-corrected chi connectivity index (χ0v) is 11.4. The van der Waals surface area contributed by atoms with Crippen LogP contribution in [-0.4, -0.2) is 29.2 Å². The van der Waals surface area contributed by atoms with Crippen molar-refractivity contribution in [3.63, 3.8) is 0 Å². The molecule has 0 fully saturated rings. The average molecular weight is 280 g/mol. The molecule has 2 rings (SSSR count). The summed E-state index contributed by atoms with van der Waals surface area (Å²) in [5.74, 6) is 1.14. The van der Waals surface area contributed by atoms with E-state index >= 15 is 0 Å². The molecule has 0 aliphatic heterocycles. The van der Waals surface area contributed by atoms with Crippen LogP contribution < -0.4 is 9.64 Å². The first-order chi connectivity index (χ1) is 9.10. The number of aromatic nitrogens is 2. The van der Waals surface area contributed by atoms with Crippen molar-refractivity contribution in [2.24, 2.45) is 0 Å². The van der Waals surface area contributed by atoms with E-state index in [1.54, 1.807) is 24.5 Å². The van der Waals surface area contributed by atoms with Crippen LogP contribution in [0.4, 0.5) is 5.95 Å². The molecule has 0 saturated carbocycles. The molecule has 1 aromatic heterocycles. The molecule has 100 valence electrons. The smallest absolute Gasteiger partial charge is 0.225 e. The number of rotatable bonds is 4. The Hall–Kier alpha value is -2.01. The highest BCUT2D eigenvalue weighted by atomic mass is 35.5. The van der Waals surface area contributed by atoms with Gasteiger partial charge >= 0.3 is 0 Å². The van der Waals surface area contributed by atoms with Crippen LogP contribution >= 0.6 is 11.6 Å². The maximum Gasteiger partial charge on any atom is 0.225 e. The fraction of sp³-hybridized carbons (Fsp3) is 0.231. The number of nitrogens with zero attached hydrogens (tertiary/aromatic N) is 3. The zero-order valence-electron chi connectivity index (χ0n) is 10.7. The van der Waals surface area contributed by atoms with E-state index in [-0.39, 0.29) is 5.75 Å². The lowest BCUT2D eigenvalue weighted by atomic mass is 10.2. The third-order valence-electron chi connectivity index (χ3n) is 2.61. The van der Waals surface area contributed by atoms with Gasteiger partial charge in [-0.25, -0.2) is 9.97 Å². The molecule has 0 spiro atoms. The minimum Gasteiger partial charge on any atom is -0.504 e. The summed E-state index contributed by atoms with van der Waals surface area (Å²) < 4.78 is 5.00. The number of hydrogen-bond acceptors (Lipinski definition) is 5. The second-order valence-electron chi connectivity index (χ2n) is 4.06. The molecule has 0 radical (unpaired) electrons. The highest BCUT2D eigenvalue weighted by Gasteiger charge is 2.07. The number of halogens is 1. The Bertz CT molecular complexity index is 560. The van der Waals surface area contributed by atoms with Crippen molar-refractivity contribution in [3.05, 3.63) is 41.2 Å². The van der Waals surface area contributed by atoms with Gasteiger partial charge < -0.3 is 14.7 Å². The minimum absolute atomic E-state index is 0.116. The maximum absolute atomic E-state index is 9.72. The minimum atomic E-state index is 0.116. The Morgan fingerprint density at radius 3 is 2.58 bits per heavy atom. The number of phenols is 1. The summed E-state index contributed by atoms with van der Waals surface area (Å²) in [6.45, 7) is 0.569. The van der Waals surface area contributed by atoms with Crippen molar-refractivity contribution in [1.82, 2.24) is 9.97 Å². The van der Waals surface area contributed by atoms with Gasteiger partial charge in [0.05, 0.1) is 24.5 Å². The largest absolute Gasteiger partial charge is 0.504 e. The first-order valence-corrected chi connectivity index (χ1v) is 6.02. The van der Waals surface area contributed by atoms with Crippen LogP contribution in [0.5, 0.6) is 11.5 Å². The highest BCUT2D eigenvalue weighted by molar-refractivity contribution is 6.30. The number of phenolic OH excluding ortho intramolecular Hbond substituents is 1. The van der Waals surface area contributed by atoms with E-state index in [2.05, 4.69) is 9.97 Å². The number of ether oxygens (including phenoxy) is 1. The van der Waals surface area contributed by atoms with Crippen molar-refractivity contribution in [3.8, 4) is 11.5 Å². The summed E-state index contributed by atoms with van der Waals surface area (Å²) in [6.07, 6.45) is 3.10. The van der Waals surface area contributed by atoms with Crippen LogP contribution in [0.2, 0.25) is 5.02 Å². The number of benzene rings is 1. The first kappa shape index (κ1) is 13.4. The summed E-state index contributed by atoms with van der Waals surface area (Å²) in [5.41, 5.74) is 0.930. The van der Waals surface area contributed by atoms with Gasteiger partial charge in [-0.15, -0.1) is 0 Å². The fourth-order valence-electron chi connectivity index (χ4n) is 1.68. The van der Waals surface area contributed by atoms with Crippen molar-refractivity contribution >= 4 is 17.5 Å². The van der Waals surface area contributed by atoms with E-state index in [1.165, 1.54) is 7.11 Å². The number of methoxy groups -OCH3 is 1. The second-order valence-corrected chi connectivity index (χ2v) is 4.50. The molecule has 2 aromatic rings. The molecule has 0 aliphatic rings. The Balaban J connectivity index is 2.12. The maximum atomic E-state index is 9.72. The number of aromatic hydroxyl groups is 1. The van der Waals surface area contributed by atoms with Gasteiger partial charge in [-0.05, 0) is 17.7 Å². The molecule has 1 aromatic carbocycles. The van der Waals surface area contributed by atoms with Crippen LogP contribution in [0.15, 0.2) is 30.6 Å². The lowest BCUT2D eigenvalue weighted by Crippen LogP contribution is -2.18. The molecule has 0 aliphatic carbocycles. The van der Waals surface area contributed by atoms with E-state index < -0.39 is 0 Å². The van der Waals surface area contributed by atoms with Gasteiger partial charge in [-0.1, -0.05) is 17.7 Å². The third-order valence-corrected chi connectivity index (χ3v) is 2.81. The molecule has 0 bridgehead atoms. The zero-order chi connectivity index (χ0) is 13.8. The predicted octanol–water partition coefficient (Wildman–Crippen LogP) is 2.48. The Kier molecular flexibility index (Phi) is 4.06. The van der Waals surface area contributed by atoms with Gasteiger partial charge in [0.1, 0.15) is 0 Å². The summed E-state index contributed by atoms with van der Waals surface area (Å²) in [6, 6.07) is 5.26. The van der Waals surface area contributed by atoms with Gasteiger partial charge in [-0.3, -0.25) is 0 Å². The molecule has 5 nitrogen and oxygen atoms in total. The van der Waals surface area contributed by atoms with Crippen LogP contribution in [0, 0.1) is 0 Å². The second kappa shape index (κ2) is 5.75. The SMILES string of the molecule is COc1ccc(CN(C)c2ncc(Cl)cn2)cc1O. The molecule has 1 heterocycles. The molecule has 19 heavy (non-hydrogen) atoms. The quantitative estimate of drug-likeness (QED) is 0.932. The molecule has 0 atom stereocenters. The Morgan fingerprint density at radius 2 is 2.00 bits per heavy atom. The van der Waals surface area contributed by atoms with E-state index in [0.717, 1.165) is 5.56 Å². The monoisotopic (exact) mass is 279 g/mol. The molecule has 0 amide bonds. The summed E-state index contributed by atoms with van der Waals surface area (Å²) in [5, 5.41) is 10.2. The predicted molar refractivity (Wildman–Crippen MR) is 73.8 cm³/mol. The van der Waals surface area contributed by atoms with E-state index in [0.29, 0.717) is 23.3 Å². The first-order valence-electron chi connectivity index (χ1n) is 5.64. The number of anilines is 1. The van der Waals surface area contributed by atoms with E-state index in [4.69, 9.17) is 16.3 Å². The summed E-state index contributed by atoms with van der Waals surface area (Å²) in [7, 11) is 3.38. The Morgan fingerprint density at radius 1 is 1.32 bits per heavy atom.